The fourth-order valence-electron chi connectivity index (χ4n) is 1.15. The Morgan fingerprint density at radius 3 is 2.71 bits per heavy atom. The second-order valence-electron chi connectivity index (χ2n) is 2.92. The molecule has 0 amide bonds. The maximum absolute atomic E-state index is 13.1. The second-order valence-corrected chi connectivity index (χ2v) is 2.92. The molecule has 0 radical (unpaired) electrons. The standard InChI is InChI=1S/C12H12F2/c1-2-3-4-5-7-10-8-6-9-11(13)12(10)14/h6,8-9H,2,5,7H2,1H3. The van der Waals surface area contributed by atoms with Crippen molar-refractivity contribution in [2.45, 2.75) is 26.2 Å². The Labute approximate surface area is 83.0 Å². The van der Waals surface area contributed by atoms with Crippen LogP contribution in [-0.4, -0.2) is 0 Å². The Morgan fingerprint density at radius 1 is 1.21 bits per heavy atom. The molecule has 0 heterocycles. The van der Waals surface area contributed by atoms with Gasteiger partial charge in [-0.15, -0.1) is 11.8 Å². The van der Waals surface area contributed by atoms with E-state index in [-0.39, 0.29) is 0 Å². The average molecular weight is 194 g/mol. The number of rotatable bonds is 2. The van der Waals surface area contributed by atoms with Gasteiger partial charge in [-0.05, 0) is 18.1 Å². The van der Waals surface area contributed by atoms with Gasteiger partial charge in [0.15, 0.2) is 11.6 Å². The molecular weight excluding hydrogens is 182 g/mol. The highest BCUT2D eigenvalue weighted by molar-refractivity contribution is 5.20. The highest BCUT2D eigenvalue weighted by atomic mass is 19.2. The zero-order valence-corrected chi connectivity index (χ0v) is 8.11. The molecule has 2 heteroatoms. The SMILES string of the molecule is CCC#CCCc1cccc(F)c1F. The number of halogens is 2. The molecule has 0 aliphatic carbocycles. The lowest BCUT2D eigenvalue weighted by molar-refractivity contribution is 0.499. The van der Waals surface area contributed by atoms with Crippen molar-refractivity contribution in [3.05, 3.63) is 35.4 Å². The van der Waals surface area contributed by atoms with Crippen LogP contribution < -0.4 is 0 Å². The molecule has 0 spiro atoms. The van der Waals surface area contributed by atoms with Gasteiger partial charge in [-0.25, -0.2) is 8.78 Å². The molecule has 0 N–H and O–H groups in total. The van der Waals surface area contributed by atoms with Crippen molar-refractivity contribution in [1.82, 2.24) is 0 Å². The molecule has 0 aliphatic rings. The van der Waals surface area contributed by atoms with Crippen LogP contribution in [0.15, 0.2) is 18.2 Å². The van der Waals surface area contributed by atoms with Crippen molar-refractivity contribution in [2.75, 3.05) is 0 Å². The van der Waals surface area contributed by atoms with Gasteiger partial charge in [0, 0.05) is 12.8 Å². The van der Waals surface area contributed by atoms with Gasteiger partial charge in [0.1, 0.15) is 0 Å². The minimum Gasteiger partial charge on any atom is -0.204 e. The van der Waals surface area contributed by atoms with E-state index >= 15 is 0 Å². The summed E-state index contributed by atoms with van der Waals surface area (Å²) in [5, 5.41) is 0. The first-order valence-corrected chi connectivity index (χ1v) is 4.64. The third-order valence-corrected chi connectivity index (χ3v) is 1.85. The van der Waals surface area contributed by atoms with Gasteiger partial charge >= 0.3 is 0 Å². The third-order valence-electron chi connectivity index (χ3n) is 1.85. The molecule has 0 aromatic heterocycles. The Hall–Kier alpha value is -1.36. The molecule has 0 bridgehead atoms. The van der Waals surface area contributed by atoms with E-state index in [0.717, 1.165) is 12.5 Å². The van der Waals surface area contributed by atoms with Crippen LogP contribution in [0.2, 0.25) is 0 Å². The van der Waals surface area contributed by atoms with Gasteiger partial charge in [0.2, 0.25) is 0 Å². The van der Waals surface area contributed by atoms with Crippen molar-refractivity contribution < 1.29 is 8.78 Å². The van der Waals surface area contributed by atoms with Gasteiger partial charge in [-0.2, -0.15) is 0 Å². The maximum atomic E-state index is 13.1. The summed E-state index contributed by atoms with van der Waals surface area (Å²) in [6.45, 7) is 1.95. The average Bonchev–Trinajstić information content (AvgIpc) is 2.19. The zero-order chi connectivity index (χ0) is 10.4. The van der Waals surface area contributed by atoms with Crippen molar-refractivity contribution in [2.24, 2.45) is 0 Å². The van der Waals surface area contributed by atoms with Crippen LogP contribution >= 0.6 is 0 Å². The first-order valence-electron chi connectivity index (χ1n) is 4.64. The van der Waals surface area contributed by atoms with Crippen molar-refractivity contribution in [3.8, 4) is 11.8 Å². The third kappa shape index (κ3) is 2.85. The molecular formula is C12H12F2. The lowest BCUT2D eigenvalue weighted by atomic mass is 10.1. The molecule has 0 atom stereocenters. The smallest absolute Gasteiger partial charge is 0.162 e. The van der Waals surface area contributed by atoms with Crippen LogP contribution in [0, 0.1) is 23.5 Å². The van der Waals surface area contributed by atoms with E-state index in [2.05, 4.69) is 11.8 Å². The first-order chi connectivity index (χ1) is 6.75. The van der Waals surface area contributed by atoms with Crippen LogP contribution in [0.25, 0.3) is 0 Å². The lowest BCUT2D eigenvalue weighted by Crippen LogP contribution is -1.93. The summed E-state index contributed by atoms with van der Waals surface area (Å²) < 4.78 is 25.8. The predicted molar refractivity (Wildman–Crippen MR) is 52.7 cm³/mol. The molecule has 14 heavy (non-hydrogen) atoms. The van der Waals surface area contributed by atoms with E-state index in [4.69, 9.17) is 0 Å². The summed E-state index contributed by atoms with van der Waals surface area (Å²) in [6, 6.07) is 4.23. The predicted octanol–water partition coefficient (Wildman–Crippen LogP) is 3.31. The fraction of sp³-hybridized carbons (Fsp3) is 0.333. The van der Waals surface area contributed by atoms with Gasteiger partial charge in [-0.3, -0.25) is 0 Å². The minimum absolute atomic E-state index is 0.399. The van der Waals surface area contributed by atoms with E-state index in [0.29, 0.717) is 18.4 Å². The molecule has 0 saturated carbocycles. The topological polar surface area (TPSA) is 0 Å². The minimum atomic E-state index is -0.786. The summed E-state index contributed by atoms with van der Waals surface area (Å²) in [4.78, 5) is 0. The first kappa shape index (κ1) is 10.7. The Balaban J connectivity index is 2.63. The molecule has 1 rings (SSSR count). The van der Waals surface area contributed by atoms with Crippen molar-refractivity contribution >= 4 is 0 Å². The summed E-state index contributed by atoms with van der Waals surface area (Å²) in [7, 11) is 0. The van der Waals surface area contributed by atoms with E-state index in [1.165, 1.54) is 6.07 Å². The van der Waals surface area contributed by atoms with Crippen LogP contribution in [0.5, 0.6) is 0 Å². The summed E-state index contributed by atoms with van der Waals surface area (Å²) >= 11 is 0. The zero-order valence-electron chi connectivity index (χ0n) is 8.11. The van der Waals surface area contributed by atoms with Gasteiger partial charge in [0.05, 0.1) is 0 Å². The van der Waals surface area contributed by atoms with Gasteiger partial charge in [-0.1, -0.05) is 19.1 Å². The molecule has 0 fully saturated rings. The lowest BCUT2D eigenvalue weighted by Gasteiger charge is -2.00. The van der Waals surface area contributed by atoms with Crippen molar-refractivity contribution in [3.63, 3.8) is 0 Å². The second kappa shape index (κ2) is 5.39. The van der Waals surface area contributed by atoms with E-state index in [1.807, 2.05) is 6.92 Å². The molecule has 1 aromatic carbocycles. The van der Waals surface area contributed by atoms with E-state index in [9.17, 15) is 8.78 Å². The Bertz CT molecular complexity index is 358. The van der Waals surface area contributed by atoms with Crippen LogP contribution in [0.1, 0.15) is 25.3 Å². The van der Waals surface area contributed by atoms with Gasteiger partial charge < -0.3 is 0 Å². The molecule has 0 saturated heterocycles. The summed E-state index contributed by atoms with van der Waals surface area (Å²) in [5.41, 5.74) is 0.399. The van der Waals surface area contributed by atoms with Crippen LogP contribution in [0.4, 0.5) is 8.78 Å². The maximum Gasteiger partial charge on any atom is 0.162 e. The molecule has 1 aromatic rings. The van der Waals surface area contributed by atoms with E-state index < -0.39 is 11.6 Å². The number of benzene rings is 1. The van der Waals surface area contributed by atoms with Crippen LogP contribution in [0.3, 0.4) is 0 Å². The quantitative estimate of drug-likeness (QED) is 0.633. The highest BCUT2D eigenvalue weighted by Gasteiger charge is 2.05. The van der Waals surface area contributed by atoms with Gasteiger partial charge in [0.25, 0.3) is 0 Å². The molecule has 74 valence electrons. The fourth-order valence-corrected chi connectivity index (χ4v) is 1.15. The Morgan fingerprint density at radius 2 is 2.00 bits per heavy atom. The normalized spacial score (nSPS) is 9.36. The largest absolute Gasteiger partial charge is 0.204 e. The number of hydrogen-bond donors (Lipinski definition) is 0. The van der Waals surface area contributed by atoms with Crippen LogP contribution in [-0.2, 0) is 6.42 Å². The van der Waals surface area contributed by atoms with E-state index in [1.54, 1.807) is 6.07 Å². The molecule has 0 nitrogen and oxygen atoms in total. The summed E-state index contributed by atoms with van der Waals surface area (Å²) in [6.07, 6.45) is 1.84. The van der Waals surface area contributed by atoms with Crippen molar-refractivity contribution in [1.29, 1.82) is 0 Å². The highest BCUT2D eigenvalue weighted by Crippen LogP contribution is 2.12. The number of hydrogen-bond acceptors (Lipinski definition) is 0. The monoisotopic (exact) mass is 194 g/mol. The molecule has 0 aliphatic heterocycles. The summed E-state index contributed by atoms with van der Waals surface area (Å²) in [5.74, 6) is 4.25. The number of aryl methyl sites for hydroxylation is 1. The Kier molecular flexibility index (Phi) is 4.12. The molecule has 0 unspecified atom stereocenters.